The van der Waals surface area contributed by atoms with Gasteiger partial charge in [-0.05, 0) is 5.41 Å². The summed E-state index contributed by atoms with van der Waals surface area (Å²) in [5.74, 6) is 2.71. The number of rotatable bonds is 5. The number of nitrogens with zero attached hydrogens (tertiary/aromatic N) is 3. The average molecular weight is 293 g/mol. The minimum atomic E-state index is 0.257. The number of hydrogen-bond acceptors (Lipinski definition) is 3. The first-order chi connectivity index (χ1) is 9.66. The molecule has 0 radical (unpaired) electrons. The fourth-order valence-corrected chi connectivity index (χ4v) is 3.20. The van der Waals surface area contributed by atoms with Crippen LogP contribution in [-0.4, -0.2) is 60.9 Å². The second-order valence-corrected chi connectivity index (χ2v) is 8.59. The van der Waals surface area contributed by atoms with E-state index in [1.54, 1.807) is 0 Å². The number of hydrogen-bond donors (Lipinski definition) is 1. The van der Waals surface area contributed by atoms with Gasteiger partial charge in [-0.2, -0.15) is 0 Å². The molecule has 2 aliphatic rings. The molecule has 0 amide bonds. The monoisotopic (exact) mass is 293 g/mol. The van der Waals surface area contributed by atoms with Crippen LogP contribution < -0.4 is 5.32 Å². The Morgan fingerprint density at radius 1 is 1.19 bits per heavy atom. The van der Waals surface area contributed by atoms with Crippen molar-refractivity contribution in [2.75, 3.05) is 39.8 Å². The Kier molecular flexibility index (Phi) is 4.64. The summed E-state index contributed by atoms with van der Waals surface area (Å²) in [6, 6.07) is 0. The first-order valence-electron chi connectivity index (χ1n) is 8.25. The Bertz CT molecular complexity index is 440. The SMILES string of the molecule is CN1CCN=C1CC(C)(C)C[N+]1=C(CC(C)(C)C)NCC1. The van der Waals surface area contributed by atoms with Crippen LogP contribution in [0.3, 0.4) is 0 Å². The van der Waals surface area contributed by atoms with Crippen molar-refractivity contribution in [1.29, 1.82) is 0 Å². The molecule has 120 valence electrons. The topological polar surface area (TPSA) is 30.6 Å². The molecule has 2 heterocycles. The lowest BCUT2D eigenvalue weighted by atomic mass is 9.87. The van der Waals surface area contributed by atoms with Crippen molar-refractivity contribution >= 4 is 11.7 Å². The highest BCUT2D eigenvalue weighted by Gasteiger charge is 2.32. The van der Waals surface area contributed by atoms with Gasteiger partial charge in [-0.1, -0.05) is 34.6 Å². The maximum Gasteiger partial charge on any atom is 0.245 e. The van der Waals surface area contributed by atoms with Crippen LogP contribution in [0.1, 0.15) is 47.5 Å². The van der Waals surface area contributed by atoms with Crippen LogP contribution in [0.4, 0.5) is 0 Å². The van der Waals surface area contributed by atoms with Crippen LogP contribution in [0.2, 0.25) is 0 Å². The van der Waals surface area contributed by atoms with Crippen LogP contribution in [0.5, 0.6) is 0 Å². The molecular weight excluding hydrogens is 260 g/mol. The highest BCUT2D eigenvalue weighted by atomic mass is 15.2. The molecule has 0 fully saturated rings. The molecule has 0 aromatic carbocycles. The van der Waals surface area contributed by atoms with E-state index in [2.05, 4.69) is 61.5 Å². The van der Waals surface area contributed by atoms with E-state index in [0.717, 1.165) is 45.6 Å². The molecule has 0 unspecified atom stereocenters. The smallest absolute Gasteiger partial charge is 0.245 e. The van der Waals surface area contributed by atoms with Crippen molar-refractivity contribution in [2.24, 2.45) is 15.8 Å². The Labute approximate surface area is 130 Å². The summed E-state index contributed by atoms with van der Waals surface area (Å²) in [6.45, 7) is 17.1. The fourth-order valence-electron chi connectivity index (χ4n) is 3.20. The van der Waals surface area contributed by atoms with Gasteiger partial charge >= 0.3 is 0 Å². The van der Waals surface area contributed by atoms with Gasteiger partial charge in [-0.3, -0.25) is 14.9 Å². The first-order valence-corrected chi connectivity index (χ1v) is 8.25. The quantitative estimate of drug-likeness (QED) is 0.788. The zero-order valence-electron chi connectivity index (χ0n) is 14.8. The largest absolute Gasteiger partial charge is 0.362 e. The van der Waals surface area contributed by atoms with Gasteiger partial charge in [0.25, 0.3) is 0 Å². The van der Waals surface area contributed by atoms with E-state index in [1.807, 2.05) is 0 Å². The standard InChI is InChI=1S/C17H32N4/c1-16(2,3)11-15-19-8-10-21(15)13-17(4,5)12-14-18-7-9-20(14)6/h7-13H2,1-6H3/p+1. The summed E-state index contributed by atoms with van der Waals surface area (Å²) in [4.78, 5) is 6.97. The van der Waals surface area contributed by atoms with Crippen LogP contribution in [0, 0.1) is 10.8 Å². The van der Waals surface area contributed by atoms with E-state index in [0.29, 0.717) is 5.41 Å². The molecule has 0 atom stereocenters. The summed E-state index contributed by atoms with van der Waals surface area (Å²) in [7, 11) is 2.16. The molecule has 4 nitrogen and oxygen atoms in total. The number of aliphatic imine (C=N–C) groups is 1. The Hall–Kier alpha value is -1.06. The lowest BCUT2D eigenvalue weighted by molar-refractivity contribution is -0.533. The minimum Gasteiger partial charge on any atom is -0.362 e. The van der Waals surface area contributed by atoms with Gasteiger partial charge in [-0.25, -0.2) is 0 Å². The summed E-state index contributed by atoms with van der Waals surface area (Å²) in [5, 5.41) is 3.59. The fraction of sp³-hybridized carbons (Fsp3) is 0.882. The van der Waals surface area contributed by atoms with Crippen molar-refractivity contribution in [3.05, 3.63) is 0 Å². The molecule has 2 rings (SSSR count). The highest BCUT2D eigenvalue weighted by Crippen LogP contribution is 2.25. The third-order valence-electron chi connectivity index (χ3n) is 4.22. The lowest BCUT2D eigenvalue weighted by Gasteiger charge is -2.27. The summed E-state index contributed by atoms with van der Waals surface area (Å²) in [5.41, 5.74) is 0.595. The predicted molar refractivity (Wildman–Crippen MR) is 90.4 cm³/mol. The van der Waals surface area contributed by atoms with Crippen molar-refractivity contribution in [2.45, 2.75) is 47.5 Å². The molecule has 0 bridgehead atoms. The molecule has 2 aliphatic heterocycles. The number of amidine groups is 2. The van der Waals surface area contributed by atoms with E-state index in [1.165, 1.54) is 11.7 Å². The summed E-state index contributed by atoms with van der Waals surface area (Å²) >= 11 is 0. The summed E-state index contributed by atoms with van der Waals surface area (Å²) in [6.07, 6.45) is 2.20. The molecule has 0 aromatic rings. The van der Waals surface area contributed by atoms with E-state index in [-0.39, 0.29) is 5.41 Å². The molecule has 0 saturated heterocycles. The molecule has 0 spiro atoms. The van der Waals surface area contributed by atoms with Gasteiger partial charge in [-0.15, -0.1) is 0 Å². The Balaban J connectivity index is 2.02. The van der Waals surface area contributed by atoms with E-state index in [9.17, 15) is 0 Å². The van der Waals surface area contributed by atoms with Gasteiger partial charge < -0.3 is 4.90 Å². The molecule has 1 N–H and O–H groups in total. The van der Waals surface area contributed by atoms with Crippen LogP contribution >= 0.6 is 0 Å². The third-order valence-corrected chi connectivity index (χ3v) is 4.22. The molecule has 0 saturated carbocycles. The van der Waals surface area contributed by atoms with Gasteiger partial charge in [0.05, 0.1) is 25.3 Å². The van der Waals surface area contributed by atoms with Crippen LogP contribution in [-0.2, 0) is 0 Å². The maximum absolute atomic E-state index is 4.66. The molecular formula is C17H33N4+. The van der Waals surface area contributed by atoms with Crippen molar-refractivity contribution < 1.29 is 4.58 Å². The van der Waals surface area contributed by atoms with E-state index in [4.69, 9.17) is 0 Å². The minimum absolute atomic E-state index is 0.257. The molecule has 4 heteroatoms. The van der Waals surface area contributed by atoms with Crippen molar-refractivity contribution in [3.8, 4) is 0 Å². The van der Waals surface area contributed by atoms with Gasteiger partial charge in [0, 0.05) is 25.4 Å². The van der Waals surface area contributed by atoms with Crippen molar-refractivity contribution in [1.82, 2.24) is 10.2 Å². The molecule has 0 aliphatic carbocycles. The Morgan fingerprint density at radius 3 is 2.48 bits per heavy atom. The normalized spacial score (nSPS) is 20.1. The maximum atomic E-state index is 4.66. The number of nitrogens with one attached hydrogen (secondary N) is 1. The zero-order chi connectivity index (χ0) is 15.7. The van der Waals surface area contributed by atoms with E-state index < -0.39 is 0 Å². The number of likely N-dealkylation sites (N-methyl/N-ethyl adjacent to an activating group) is 1. The molecule has 21 heavy (non-hydrogen) atoms. The van der Waals surface area contributed by atoms with Crippen molar-refractivity contribution in [3.63, 3.8) is 0 Å². The van der Waals surface area contributed by atoms with Gasteiger partial charge in [0.2, 0.25) is 5.84 Å². The third kappa shape index (κ3) is 4.72. The second kappa shape index (κ2) is 5.98. The van der Waals surface area contributed by atoms with Gasteiger partial charge in [0.1, 0.15) is 13.1 Å². The predicted octanol–water partition coefficient (Wildman–Crippen LogP) is 2.20. The second-order valence-electron chi connectivity index (χ2n) is 8.59. The zero-order valence-corrected chi connectivity index (χ0v) is 14.8. The van der Waals surface area contributed by atoms with E-state index >= 15 is 0 Å². The van der Waals surface area contributed by atoms with Gasteiger partial charge in [0.15, 0.2) is 0 Å². The lowest BCUT2D eigenvalue weighted by Crippen LogP contribution is -2.36. The average Bonchev–Trinajstić information content (AvgIpc) is 2.87. The highest BCUT2D eigenvalue weighted by molar-refractivity contribution is 5.84. The van der Waals surface area contributed by atoms with Crippen LogP contribution in [0.15, 0.2) is 4.99 Å². The molecule has 0 aromatic heterocycles. The first kappa shape index (κ1) is 16.3. The summed E-state index contributed by atoms with van der Waals surface area (Å²) < 4.78 is 2.56. The Morgan fingerprint density at radius 2 is 1.90 bits per heavy atom. The van der Waals surface area contributed by atoms with Crippen LogP contribution in [0.25, 0.3) is 0 Å².